The molecule has 1 aliphatic heterocycles. The summed E-state index contributed by atoms with van der Waals surface area (Å²) in [5.41, 5.74) is 2.32. The van der Waals surface area contributed by atoms with Crippen LogP contribution < -0.4 is 4.90 Å². The molecule has 1 heterocycles. The fraction of sp³-hybridized carbons (Fsp3) is 0.438. The van der Waals surface area contributed by atoms with Gasteiger partial charge in [0.1, 0.15) is 0 Å². The van der Waals surface area contributed by atoms with Gasteiger partial charge in [0.2, 0.25) is 0 Å². The van der Waals surface area contributed by atoms with Crippen LogP contribution in [0.2, 0.25) is 0 Å². The summed E-state index contributed by atoms with van der Waals surface area (Å²) in [5, 5.41) is 0.124. The Morgan fingerprint density at radius 1 is 1.26 bits per heavy atom. The van der Waals surface area contributed by atoms with E-state index in [9.17, 15) is 4.79 Å². The van der Waals surface area contributed by atoms with Gasteiger partial charge in [-0.05, 0) is 31.4 Å². The summed E-state index contributed by atoms with van der Waals surface area (Å²) >= 11 is 1.27. The van der Waals surface area contributed by atoms with Gasteiger partial charge in [-0.25, -0.2) is 0 Å². The molecule has 0 saturated carbocycles. The van der Waals surface area contributed by atoms with Crippen molar-refractivity contribution in [3.63, 3.8) is 0 Å². The number of rotatable bonds is 2. The van der Waals surface area contributed by atoms with Gasteiger partial charge < -0.3 is 4.90 Å². The third-order valence-corrected chi connectivity index (χ3v) is 3.87. The largest absolute Gasteiger partial charge is 0.371 e. The van der Waals surface area contributed by atoms with Gasteiger partial charge in [0.05, 0.1) is 11.4 Å². The molecule has 0 aliphatic carbocycles. The fourth-order valence-corrected chi connectivity index (χ4v) is 2.61. The number of benzene rings is 1. The number of carbonyl (C=O) groups is 1. The number of piperidine rings is 1. The van der Waals surface area contributed by atoms with E-state index in [-0.39, 0.29) is 5.12 Å². The first-order chi connectivity index (χ1) is 9.27. The van der Waals surface area contributed by atoms with Crippen LogP contribution in [0.3, 0.4) is 0 Å². The van der Waals surface area contributed by atoms with Crippen LogP contribution in [0.5, 0.6) is 0 Å². The van der Waals surface area contributed by atoms with Crippen LogP contribution in [0.25, 0.3) is 0 Å². The zero-order valence-electron chi connectivity index (χ0n) is 11.3. The van der Waals surface area contributed by atoms with Crippen molar-refractivity contribution in [1.29, 1.82) is 0 Å². The molecule has 0 spiro atoms. The van der Waals surface area contributed by atoms with E-state index >= 15 is 0 Å². The van der Waals surface area contributed by atoms with Gasteiger partial charge in [-0.15, -0.1) is 0 Å². The lowest BCUT2D eigenvalue weighted by Gasteiger charge is -2.29. The lowest BCUT2D eigenvalue weighted by molar-refractivity contribution is -0.109. The minimum atomic E-state index is 0.124. The normalized spacial score (nSPS) is 14.7. The molecule has 0 amide bonds. The summed E-state index contributed by atoms with van der Waals surface area (Å²) in [5.74, 6) is 6.85. The Kier molecular flexibility index (Phi) is 5.35. The van der Waals surface area contributed by atoms with Crippen LogP contribution in [0.15, 0.2) is 24.3 Å². The van der Waals surface area contributed by atoms with Crippen molar-refractivity contribution in [2.45, 2.75) is 26.2 Å². The molecule has 19 heavy (non-hydrogen) atoms. The third-order valence-electron chi connectivity index (χ3n) is 3.17. The third kappa shape index (κ3) is 4.33. The van der Waals surface area contributed by atoms with Gasteiger partial charge in [-0.3, -0.25) is 4.79 Å². The topological polar surface area (TPSA) is 20.3 Å². The molecular formula is C16H19NOS. The van der Waals surface area contributed by atoms with E-state index in [2.05, 4.69) is 34.9 Å². The smallest absolute Gasteiger partial charge is 0.186 e. The first-order valence-electron chi connectivity index (χ1n) is 6.73. The van der Waals surface area contributed by atoms with Crippen LogP contribution in [0.1, 0.15) is 31.7 Å². The molecular weight excluding hydrogens is 254 g/mol. The molecule has 1 fully saturated rings. The molecule has 1 aliphatic rings. The molecule has 0 aromatic heterocycles. The van der Waals surface area contributed by atoms with Crippen LogP contribution in [-0.2, 0) is 4.79 Å². The first-order valence-corrected chi connectivity index (χ1v) is 7.72. The van der Waals surface area contributed by atoms with E-state index in [0.717, 1.165) is 18.7 Å². The van der Waals surface area contributed by atoms with Crippen molar-refractivity contribution in [3.8, 4) is 11.8 Å². The van der Waals surface area contributed by atoms with E-state index in [1.165, 1.54) is 36.7 Å². The van der Waals surface area contributed by atoms with E-state index in [4.69, 9.17) is 0 Å². The second-order valence-electron chi connectivity index (χ2n) is 4.65. The number of carbonyl (C=O) groups excluding carboxylic acids is 1. The molecule has 2 rings (SSSR count). The Balaban J connectivity index is 2.09. The zero-order chi connectivity index (χ0) is 13.5. The second kappa shape index (κ2) is 7.25. The maximum absolute atomic E-state index is 10.9. The highest BCUT2D eigenvalue weighted by atomic mass is 32.2. The molecule has 1 saturated heterocycles. The summed E-state index contributed by atoms with van der Waals surface area (Å²) in [7, 11) is 0. The molecule has 3 heteroatoms. The van der Waals surface area contributed by atoms with Crippen molar-refractivity contribution in [2.24, 2.45) is 0 Å². The Labute approximate surface area is 119 Å². The van der Waals surface area contributed by atoms with E-state index in [0.29, 0.717) is 5.75 Å². The van der Waals surface area contributed by atoms with Gasteiger partial charge in [-0.2, -0.15) is 0 Å². The molecule has 0 N–H and O–H groups in total. The van der Waals surface area contributed by atoms with Crippen LogP contribution in [-0.4, -0.2) is 24.0 Å². The Bertz CT molecular complexity index is 495. The predicted molar refractivity (Wildman–Crippen MR) is 82.5 cm³/mol. The van der Waals surface area contributed by atoms with Crippen molar-refractivity contribution < 1.29 is 4.79 Å². The lowest BCUT2D eigenvalue weighted by Crippen LogP contribution is -2.29. The second-order valence-corrected chi connectivity index (χ2v) is 5.80. The molecule has 0 atom stereocenters. The summed E-state index contributed by atoms with van der Waals surface area (Å²) in [6.45, 7) is 3.83. The van der Waals surface area contributed by atoms with Gasteiger partial charge >= 0.3 is 0 Å². The minimum absolute atomic E-state index is 0.124. The molecule has 0 radical (unpaired) electrons. The highest BCUT2D eigenvalue weighted by Crippen LogP contribution is 2.23. The van der Waals surface area contributed by atoms with E-state index in [1.54, 1.807) is 6.92 Å². The van der Waals surface area contributed by atoms with Gasteiger partial charge in [0, 0.05) is 25.6 Å². The van der Waals surface area contributed by atoms with Crippen molar-refractivity contribution >= 4 is 22.6 Å². The number of para-hydroxylation sites is 1. The quantitative estimate of drug-likeness (QED) is 0.771. The standard InChI is InChI=1S/C16H19NOS/c1-14(18)19-13-7-9-15-8-3-4-10-16(15)17-11-5-2-6-12-17/h3-4,8,10H,2,5-6,11-13H2,1H3. The number of hydrogen-bond donors (Lipinski definition) is 0. The predicted octanol–water partition coefficient (Wildman–Crippen LogP) is 3.31. The Morgan fingerprint density at radius 3 is 2.74 bits per heavy atom. The maximum Gasteiger partial charge on any atom is 0.186 e. The molecule has 1 aromatic rings. The molecule has 0 unspecified atom stereocenters. The van der Waals surface area contributed by atoms with Crippen molar-refractivity contribution in [1.82, 2.24) is 0 Å². The highest BCUT2D eigenvalue weighted by Gasteiger charge is 2.12. The SMILES string of the molecule is CC(=O)SCC#Cc1ccccc1N1CCCCC1. The first kappa shape index (κ1) is 14.0. The zero-order valence-corrected chi connectivity index (χ0v) is 12.1. The van der Waals surface area contributed by atoms with Crippen LogP contribution in [0, 0.1) is 11.8 Å². The van der Waals surface area contributed by atoms with Crippen molar-refractivity contribution in [2.75, 3.05) is 23.7 Å². The molecule has 1 aromatic carbocycles. The minimum Gasteiger partial charge on any atom is -0.371 e. The van der Waals surface area contributed by atoms with Crippen molar-refractivity contribution in [3.05, 3.63) is 29.8 Å². The summed E-state index contributed by atoms with van der Waals surface area (Å²) < 4.78 is 0. The summed E-state index contributed by atoms with van der Waals surface area (Å²) in [6.07, 6.45) is 3.86. The van der Waals surface area contributed by atoms with Gasteiger partial charge in [0.25, 0.3) is 0 Å². The van der Waals surface area contributed by atoms with Crippen LogP contribution >= 0.6 is 11.8 Å². The summed E-state index contributed by atoms with van der Waals surface area (Å²) in [4.78, 5) is 13.3. The van der Waals surface area contributed by atoms with Gasteiger partial charge in [0.15, 0.2) is 5.12 Å². The number of nitrogens with zero attached hydrogens (tertiary/aromatic N) is 1. The highest BCUT2D eigenvalue weighted by molar-refractivity contribution is 8.13. The molecule has 2 nitrogen and oxygen atoms in total. The lowest BCUT2D eigenvalue weighted by atomic mass is 10.1. The Hall–Kier alpha value is -1.40. The average molecular weight is 273 g/mol. The van der Waals surface area contributed by atoms with Gasteiger partial charge in [-0.1, -0.05) is 35.7 Å². The average Bonchev–Trinajstić information content (AvgIpc) is 2.45. The Morgan fingerprint density at radius 2 is 2.00 bits per heavy atom. The number of hydrogen-bond acceptors (Lipinski definition) is 3. The maximum atomic E-state index is 10.9. The van der Waals surface area contributed by atoms with E-state index < -0.39 is 0 Å². The molecule has 0 bridgehead atoms. The number of anilines is 1. The summed E-state index contributed by atoms with van der Waals surface area (Å²) in [6, 6.07) is 8.30. The van der Waals surface area contributed by atoms with E-state index in [1.807, 2.05) is 6.07 Å². The fourth-order valence-electron chi connectivity index (χ4n) is 2.26. The van der Waals surface area contributed by atoms with Crippen LogP contribution in [0.4, 0.5) is 5.69 Å². The molecule has 100 valence electrons. The number of thioether (sulfide) groups is 1. The monoisotopic (exact) mass is 273 g/mol.